The Bertz CT molecular complexity index is 909. The lowest BCUT2D eigenvalue weighted by atomic mass is 9.87. The van der Waals surface area contributed by atoms with Crippen molar-refractivity contribution in [3.8, 4) is 5.75 Å². The molecule has 0 aliphatic heterocycles. The van der Waals surface area contributed by atoms with E-state index in [1.165, 1.54) is 0 Å². The van der Waals surface area contributed by atoms with Gasteiger partial charge in [0.1, 0.15) is 22.9 Å². The minimum atomic E-state index is -0.598. The molecule has 196 valence electrons. The molecular weight excluding hydrogens is 446 g/mol. The number of pyridine rings is 1. The second-order valence-corrected chi connectivity index (χ2v) is 10.8. The molecule has 2 rings (SSSR count). The smallest absolute Gasteiger partial charge is 0.320 e. The van der Waals surface area contributed by atoms with Crippen LogP contribution in [0, 0.1) is 13.8 Å². The lowest BCUT2D eigenvalue weighted by Crippen LogP contribution is -2.56. The maximum atomic E-state index is 12.7. The fraction of sp³-hybridized carbons (Fsp3) is 0.704. The van der Waals surface area contributed by atoms with Crippen LogP contribution < -0.4 is 4.74 Å². The number of esters is 1. The number of nitrogens with zero attached hydrogens (tertiary/aromatic N) is 3. The van der Waals surface area contributed by atoms with Crippen molar-refractivity contribution in [2.75, 3.05) is 26.7 Å². The number of hydrogen-bond acceptors (Lipinski definition) is 8. The van der Waals surface area contributed by atoms with Gasteiger partial charge in [-0.25, -0.2) is 0 Å². The minimum absolute atomic E-state index is 0.00272. The summed E-state index contributed by atoms with van der Waals surface area (Å²) in [6, 6.07) is -0.0462. The molecule has 35 heavy (non-hydrogen) atoms. The first kappa shape index (κ1) is 28.9. The molecule has 0 aromatic carbocycles. The van der Waals surface area contributed by atoms with Gasteiger partial charge in [-0.2, -0.15) is 0 Å². The van der Waals surface area contributed by atoms with Gasteiger partial charge < -0.3 is 9.47 Å². The maximum Gasteiger partial charge on any atom is 0.320 e. The number of ketones is 2. The third-order valence-electron chi connectivity index (χ3n) is 6.34. The van der Waals surface area contributed by atoms with Crippen LogP contribution in [0.3, 0.4) is 0 Å². The van der Waals surface area contributed by atoms with Gasteiger partial charge in [-0.3, -0.25) is 29.2 Å². The number of aryl methyl sites for hydroxylation is 1. The van der Waals surface area contributed by atoms with Crippen LogP contribution in [0.25, 0.3) is 0 Å². The second-order valence-electron chi connectivity index (χ2n) is 10.8. The van der Waals surface area contributed by atoms with Crippen LogP contribution in [-0.2, 0) is 25.7 Å². The molecule has 1 aromatic rings. The Morgan fingerprint density at radius 2 is 1.51 bits per heavy atom. The zero-order valence-corrected chi connectivity index (χ0v) is 22.8. The molecule has 1 aliphatic carbocycles. The molecule has 1 heterocycles. The predicted octanol–water partition coefficient (Wildman–Crippen LogP) is 3.64. The number of hydrogen-bond donors (Lipinski definition) is 0. The van der Waals surface area contributed by atoms with E-state index in [-0.39, 0.29) is 49.3 Å². The average Bonchev–Trinajstić information content (AvgIpc) is 2.73. The molecule has 0 spiro atoms. The van der Waals surface area contributed by atoms with Gasteiger partial charge in [0.2, 0.25) is 0 Å². The Hall–Kier alpha value is -2.32. The van der Waals surface area contributed by atoms with Crippen molar-refractivity contribution >= 4 is 17.5 Å². The zero-order chi connectivity index (χ0) is 26.3. The van der Waals surface area contributed by atoms with E-state index in [4.69, 9.17) is 9.47 Å². The van der Waals surface area contributed by atoms with E-state index in [1.54, 1.807) is 27.2 Å². The summed E-state index contributed by atoms with van der Waals surface area (Å²) in [7, 11) is 1.65. The first-order valence-electron chi connectivity index (χ1n) is 12.5. The number of aromatic nitrogens is 1. The zero-order valence-electron chi connectivity index (χ0n) is 22.8. The van der Waals surface area contributed by atoms with Crippen molar-refractivity contribution in [1.29, 1.82) is 0 Å². The highest BCUT2D eigenvalue weighted by atomic mass is 16.6. The molecule has 1 aromatic heterocycles. The number of ether oxygens (including phenoxy) is 2. The average molecular weight is 490 g/mol. The normalized spacial score (nSPS) is 18.6. The molecule has 0 amide bonds. The van der Waals surface area contributed by atoms with Gasteiger partial charge in [0.25, 0.3) is 0 Å². The van der Waals surface area contributed by atoms with Crippen LogP contribution in [0.15, 0.2) is 6.20 Å². The number of rotatable bonds is 11. The summed E-state index contributed by atoms with van der Waals surface area (Å²) >= 11 is 0. The Balaban J connectivity index is 2.38. The molecule has 1 saturated carbocycles. The van der Waals surface area contributed by atoms with Gasteiger partial charge in [0.15, 0.2) is 0 Å². The summed E-state index contributed by atoms with van der Waals surface area (Å²) in [6.07, 6.45) is 5.56. The van der Waals surface area contributed by atoms with Crippen LogP contribution in [0.5, 0.6) is 5.75 Å². The van der Waals surface area contributed by atoms with E-state index in [1.807, 2.05) is 39.5 Å². The highest BCUT2D eigenvalue weighted by molar-refractivity contribution is 5.79. The van der Waals surface area contributed by atoms with Crippen molar-refractivity contribution in [2.45, 2.75) is 98.4 Å². The summed E-state index contributed by atoms with van der Waals surface area (Å²) < 4.78 is 11.2. The largest absolute Gasteiger partial charge is 0.496 e. The van der Waals surface area contributed by atoms with Gasteiger partial charge in [0.05, 0.1) is 32.4 Å². The van der Waals surface area contributed by atoms with E-state index in [2.05, 4.69) is 9.88 Å². The minimum Gasteiger partial charge on any atom is -0.496 e. The highest BCUT2D eigenvalue weighted by Gasteiger charge is 2.37. The number of carbonyl (C=O) groups is 3. The molecule has 0 saturated heterocycles. The predicted molar refractivity (Wildman–Crippen MR) is 135 cm³/mol. The Morgan fingerprint density at radius 3 is 2.03 bits per heavy atom. The Morgan fingerprint density at radius 1 is 0.971 bits per heavy atom. The molecule has 0 N–H and O–H groups in total. The molecule has 1 aliphatic rings. The summed E-state index contributed by atoms with van der Waals surface area (Å²) in [4.78, 5) is 46.0. The van der Waals surface area contributed by atoms with Crippen molar-refractivity contribution in [1.82, 2.24) is 14.8 Å². The second kappa shape index (κ2) is 12.6. The number of carbonyl (C=O) groups excluding carboxylic acids is 3. The lowest BCUT2D eigenvalue weighted by Gasteiger charge is -2.44. The molecule has 0 bridgehead atoms. The summed E-state index contributed by atoms with van der Waals surface area (Å²) in [6.45, 7) is 13.6. The summed E-state index contributed by atoms with van der Waals surface area (Å²) in [5, 5.41) is 0. The standard InChI is InChI=1S/C27H43N3O5/c1-18-13-28-22(21(4)26(18)34-8)16-29(14-19(2)31)23-11-9-10-12-24(23)30(15-20(3)32)17-25(33)35-27(5,6)7/h13,23-24H,9-12,14-17H2,1-8H3/t23-,24?/m0/s1. The molecular formula is C27H43N3O5. The van der Waals surface area contributed by atoms with Crippen molar-refractivity contribution < 1.29 is 23.9 Å². The Kier molecular flexibility index (Phi) is 10.4. The fourth-order valence-electron chi connectivity index (χ4n) is 5.06. The monoisotopic (exact) mass is 489 g/mol. The van der Waals surface area contributed by atoms with Crippen LogP contribution in [-0.4, -0.2) is 76.7 Å². The quantitative estimate of drug-likeness (QED) is 0.435. The Labute approximate surface area is 210 Å². The molecule has 1 unspecified atom stereocenters. The van der Waals surface area contributed by atoms with Gasteiger partial charge in [0, 0.05) is 36.0 Å². The first-order chi connectivity index (χ1) is 16.3. The number of Topliss-reactive ketones (excluding diaryl/α,β-unsaturated/α-hetero) is 2. The fourth-order valence-corrected chi connectivity index (χ4v) is 5.06. The van der Waals surface area contributed by atoms with E-state index in [9.17, 15) is 14.4 Å². The van der Waals surface area contributed by atoms with Gasteiger partial charge in [-0.15, -0.1) is 0 Å². The van der Waals surface area contributed by atoms with Gasteiger partial charge in [-0.05, 0) is 61.3 Å². The highest BCUT2D eigenvalue weighted by Crippen LogP contribution is 2.31. The van der Waals surface area contributed by atoms with Crippen LogP contribution in [0.1, 0.15) is 77.1 Å². The van der Waals surface area contributed by atoms with Crippen molar-refractivity contribution in [3.05, 3.63) is 23.0 Å². The van der Waals surface area contributed by atoms with E-state index >= 15 is 0 Å². The molecule has 8 nitrogen and oxygen atoms in total. The third kappa shape index (κ3) is 8.69. The molecule has 8 heteroatoms. The topological polar surface area (TPSA) is 89.0 Å². The van der Waals surface area contributed by atoms with Crippen molar-refractivity contribution in [3.63, 3.8) is 0 Å². The van der Waals surface area contributed by atoms with Gasteiger partial charge >= 0.3 is 5.97 Å². The van der Waals surface area contributed by atoms with Crippen molar-refractivity contribution in [2.24, 2.45) is 0 Å². The van der Waals surface area contributed by atoms with E-state index in [0.717, 1.165) is 48.3 Å². The first-order valence-corrected chi connectivity index (χ1v) is 12.5. The van der Waals surface area contributed by atoms with Crippen LogP contribution in [0.2, 0.25) is 0 Å². The van der Waals surface area contributed by atoms with Crippen LogP contribution >= 0.6 is 0 Å². The summed E-state index contributed by atoms with van der Waals surface area (Å²) in [5.74, 6) is 0.524. The summed E-state index contributed by atoms with van der Waals surface area (Å²) in [5.41, 5.74) is 2.19. The SMILES string of the molecule is COc1c(C)cnc(CN(CC(C)=O)[C@H]2CCCCC2N(CC(C)=O)CC(=O)OC(C)(C)C)c1C. The molecule has 0 radical (unpaired) electrons. The molecule has 2 atom stereocenters. The van der Waals surface area contributed by atoms with E-state index in [0.29, 0.717) is 6.54 Å². The van der Waals surface area contributed by atoms with Crippen LogP contribution in [0.4, 0.5) is 0 Å². The number of methoxy groups -OCH3 is 1. The van der Waals surface area contributed by atoms with Gasteiger partial charge in [-0.1, -0.05) is 12.8 Å². The third-order valence-corrected chi connectivity index (χ3v) is 6.34. The molecule has 1 fully saturated rings. The van der Waals surface area contributed by atoms with E-state index < -0.39 is 5.60 Å². The maximum absolute atomic E-state index is 12.7. The lowest BCUT2D eigenvalue weighted by molar-refractivity contribution is -0.157.